The van der Waals surface area contributed by atoms with E-state index in [1.54, 1.807) is 7.11 Å². The summed E-state index contributed by atoms with van der Waals surface area (Å²) in [6.07, 6.45) is 5.41. The first-order valence-corrected chi connectivity index (χ1v) is 8.96. The van der Waals surface area contributed by atoms with E-state index in [1.807, 2.05) is 24.3 Å². The van der Waals surface area contributed by atoms with Crippen LogP contribution in [0.5, 0.6) is 5.75 Å². The number of amides is 1. The molecule has 0 heterocycles. The van der Waals surface area contributed by atoms with Gasteiger partial charge in [-0.3, -0.25) is 4.79 Å². The summed E-state index contributed by atoms with van der Waals surface area (Å²) < 4.78 is 10.7. The van der Waals surface area contributed by atoms with Gasteiger partial charge in [0, 0.05) is 19.1 Å². The lowest BCUT2D eigenvalue weighted by Crippen LogP contribution is -2.48. The highest BCUT2D eigenvalue weighted by Gasteiger charge is 2.40. The number of hydrogen-bond acceptors (Lipinski definition) is 4. The van der Waals surface area contributed by atoms with E-state index in [4.69, 9.17) is 15.2 Å². The van der Waals surface area contributed by atoms with Gasteiger partial charge in [0.1, 0.15) is 12.4 Å². The number of anilines is 1. The number of methoxy groups -OCH3 is 1. The van der Waals surface area contributed by atoms with E-state index in [1.165, 1.54) is 6.42 Å². The molecule has 0 aliphatic heterocycles. The van der Waals surface area contributed by atoms with Gasteiger partial charge in [-0.25, -0.2) is 0 Å². The van der Waals surface area contributed by atoms with Gasteiger partial charge in [0.15, 0.2) is 0 Å². The van der Waals surface area contributed by atoms with Gasteiger partial charge in [0.05, 0.1) is 12.3 Å². The van der Waals surface area contributed by atoms with Crippen molar-refractivity contribution in [3.63, 3.8) is 0 Å². The smallest absolute Gasteiger partial charge is 0.227 e. The van der Waals surface area contributed by atoms with Crippen LogP contribution >= 0.6 is 12.4 Å². The minimum absolute atomic E-state index is 0. The van der Waals surface area contributed by atoms with Crippen molar-refractivity contribution >= 4 is 24.0 Å². The van der Waals surface area contributed by atoms with Crippen LogP contribution in [0.4, 0.5) is 5.69 Å². The monoisotopic (exact) mass is 368 g/mol. The van der Waals surface area contributed by atoms with Crippen LogP contribution in [0.2, 0.25) is 0 Å². The molecule has 3 rings (SSSR count). The number of rotatable bonds is 6. The third-order valence-corrected chi connectivity index (χ3v) is 5.47. The fraction of sp³-hybridized carbons (Fsp3) is 0.632. The Bertz CT molecular complexity index is 555. The summed E-state index contributed by atoms with van der Waals surface area (Å²) in [7, 11) is 1.64. The van der Waals surface area contributed by atoms with Crippen molar-refractivity contribution in [2.75, 3.05) is 25.6 Å². The summed E-state index contributed by atoms with van der Waals surface area (Å²) in [5, 5.41) is 3.07. The lowest BCUT2D eigenvalue weighted by molar-refractivity contribution is -0.122. The lowest BCUT2D eigenvalue weighted by atomic mass is 9.65. The topological polar surface area (TPSA) is 73.6 Å². The van der Waals surface area contributed by atoms with Gasteiger partial charge in [-0.2, -0.15) is 0 Å². The van der Waals surface area contributed by atoms with E-state index in [0.29, 0.717) is 30.8 Å². The molecule has 1 aromatic rings. The number of benzene rings is 1. The average Bonchev–Trinajstić information content (AvgIpc) is 2.56. The third kappa shape index (κ3) is 4.87. The number of ether oxygens (including phenoxy) is 2. The minimum atomic E-state index is 0. The van der Waals surface area contributed by atoms with Gasteiger partial charge in [0.25, 0.3) is 0 Å². The van der Waals surface area contributed by atoms with Gasteiger partial charge in [0.2, 0.25) is 5.91 Å². The van der Waals surface area contributed by atoms with Crippen molar-refractivity contribution in [3.8, 4) is 5.75 Å². The van der Waals surface area contributed by atoms with E-state index in [2.05, 4.69) is 5.32 Å². The maximum atomic E-state index is 12.8. The number of para-hydroxylation sites is 2. The fourth-order valence-electron chi connectivity index (χ4n) is 4.17. The molecule has 1 amide bonds. The second kappa shape index (κ2) is 9.41. The first kappa shape index (κ1) is 20.0. The molecule has 5 nitrogen and oxygen atoms in total. The zero-order valence-electron chi connectivity index (χ0n) is 14.8. The number of fused-ring (bicyclic) bond motifs is 2. The highest BCUT2D eigenvalue weighted by atomic mass is 35.5. The predicted octanol–water partition coefficient (Wildman–Crippen LogP) is 3.23. The molecule has 140 valence electrons. The van der Waals surface area contributed by atoms with Gasteiger partial charge in [-0.05, 0) is 49.7 Å². The number of hydrogen-bond donors (Lipinski definition) is 2. The Hall–Kier alpha value is -1.30. The number of nitrogens with two attached hydrogens (primary N) is 1. The Morgan fingerprint density at radius 1 is 1.20 bits per heavy atom. The summed E-state index contributed by atoms with van der Waals surface area (Å²) in [6.45, 7) is 0.984. The Balaban J connectivity index is 0.00000225. The van der Waals surface area contributed by atoms with Crippen molar-refractivity contribution in [3.05, 3.63) is 24.3 Å². The minimum Gasteiger partial charge on any atom is -0.489 e. The van der Waals surface area contributed by atoms with E-state index >= 15 is 0 Å². The number of carbonyl (C=O) groups excluding carboxylic acids is 1. The van der Waals surface area contributed by atoms with Gasteiger partial charge in [-0.15, -0.1) is 12.4 Å². The van der Waals surface area contributed by atoms with Crippen molar-refractivity contribution in [2.45, 2.75) is 38.1 Å². The van der Waals surface area contributed by atoms with E-state index in [9.17, 15) is 4.79 Å². The standard InChI is InChI=1S/C19H28N2O3.ClH/c1-23-9-10-24-17-8-3-2-7-16(17)21-19(22)15-11-13-5-4-6-14(12-15)18(13)20;/h2-3,7-8,13-15,18H,4-6,9-12,20H2,1H3,(H,21,22);1H. The molecule has 0 radical (unpaired) electrons. The molecular formula is C19H29ClN2O3. The molecule has 0 spiro atoms. The molecule has 0 aromatic heterocycles. The average molecular weight is 369 g/mol. The lowest BCUT2D eigenvalue weighted by Gasteiger charge is -2.43. The van der Waals surface area contributed by atoms with Crippen molar-refractivity contribution in [1.82, 2.24) is 0 Å². The van der Waals surface area contributed by atoms with Gasteiger partial charge in [-0.1, -0.05) is 18.6 Å². The van der Waals surface area contributed by atoms with Crippen LogP contribution in [0.3, 0.4) is 0 Å². The zero-order valence-corrected chi connectivity index (χ0v) is 15.6. The molecule has 25 heavy (non-hydrogen) atoms. The van der Waals surface area contributed by atoms with Crippen LogP contribution in [0.1, 0.15) is 32.1 Å². The SMILES string of the molecule is COCCOc1ccccc1NC(=O)C1CC2CCCC(C1)C2N.Cl. The van der Waals surface area contributed by atoms with Crippen molar-refractivity contribution < 1.29 is 14.3 Å². The van der Waals surface area contributed by atoms with Crippen molar-refractivity contribution in [1.29, 1.82) is 0 Å². The van der Waals surface area contributed by atoms with Crippen molar-refractivity contribution in [2.24, 2.45) is 23.5 Å². The van der Waals surface area contributed by atoms with E-state index < -0.39 is 0 Å². The first-order chi connectivity index (χ1) is 11.7. The van der Waals surface area contributed by atoms with Crippen LogP contribution in [0.15, 0.2) is 24.3 Å². The molecule has 2 aliphatic carbocycles. The number of halogens is 1. The highest BCUT2D eigenvalue weighted by molar-refractivity contribution is 5.94. The summed E-state index contributed by atoms with van der Waals surface area (Å²) in [5.74, 6) is 1.85. The van der Waals surface area contributed by atoms with Crippen LogP contribution in [-0.4, -0.2) is 32.3 Å². The predicted molar refractivity (Wildman–Crippen MR) is 101 cm³/mol. The third-order valence-electron chi connectivity index (χ3n) is 5.47. The Morgan fingerprint density at radius 2 is 1.88 bits per heavy atom. The van der Waals surface area contributed by atoms with Crippen LogP contribution in [-0.2, 0) is 9.53 Å². The number of nitrogens with one attached hydrogen (secondary N) is 1. The summed E-state index contributed by atoms with van der Waals surface area (Å²) in [4.78, 5) is 12.8. The molecule has 2 bridgehead atoms. The van der Waals surface area contributed by atoms with Gasteiger partial charge < -0.3 is 20.5 Å². The van der Waals surface area contributed by atoms with Crippen LogP contribution in [0.25, 0.3) is 0 Å². The molecule has 0 saturated heterocycles. The van der Waals surface area contributed by atoms with E-state index in [0.717, 1.165) is 31.4 Å². The normalized spacial score (nSPS) is 27.9. The molecule has 2 saturated carbocycles. The van der Waals surface area contributed by atoms with E-state index in [-0.39, 0.29) is 30.3 Å². The first-order valence-electron chi connectivity index (χ1n) is 8.96. The maximum Gasteiger partial charge on any atom is 0.227 e. The highest BCUT2D eigenvalue weighted by Crippen LogP contribution is 2.42. The summed E-state index contributed by atoms with van der Waals surface area (Å²) in [6, 6.07) is 7.85. The Labute approximate surface area is 156 Å². The van der Waals surface area contributed by atoms with Gasteiger partial charge >= 0.3 is 0 Å². The largest absolute Gasteiger partial charge is 0.489 e. The summed E-state index contributed by atoms with van der Waals surface area (Å²) in [5.41, 5.74) is 7.06. The summed E-state index contributed by atoms with van der Waals surface area (Å²) >= 11 is 0. The fourth-order valence-corrected chi connectivity index (χ4v) is 4.17. The molecule has 3 N–H and O–H groups in total. The Morgan fingerprint density at radius 3 is 2.56 bits per heavy atom. The molecule has 1 aromatic carbocycles. The van der Waals surface area contributed by atoms with Crippen LogP contribution in [0, 0.1) is 17.8 Å². The molecule has 2 atom stereocenters. The zero-order chi connectivity index (χ0) is 16.9. The second-order valence-electron chi connectivity index (χ2n) is 7.02. The quantitative estimate of drug-likeness (QED) is 0.756. The van der Waals surface area contributed by atoms with Crippen LogP contribution < -0.4 is 15.8 Å². The molecule has 2 aliphatic rings. The molecule has 2 fully saturated rings. The molecule has 2 unspecified atom stereocenters. The molecular weight excluding hydrogens is 340 g/mol. The second-order valence-corrected chi connectivity index (χ2v) is 7.02. The maximum absolute atomic E-state index is 12.8. The Kier molecular flexibility index (Phi) is 7.54. The molecule has 6 heteroatoms. The number of carbonyl (C=O) groups is 1.